The first-order chi connectivity index (χ1) is 12.4. The standard InChI is InChI=1S/C19H15BrN2O2S2/c1-12-5-7-15(8-6-12)21-17(23)11-22-18(24)16(26-19(22)25)10-13-3-2-4-14(20)9-13/h2-10H,11H2,1H3,(H,21,23). The van der Waals surface area contributed by atoms with E-state index in [0.717, 1.165) is 15.6 Å². The molecule has 1 fully saturated rings. The third-order valence-electron chi connectivity index (χ3n) is 3.66. The van der Waals surface area contributed by atoms with Crippen LogP contribution in [0.15, 0.2) is 57.9 Å². The summed E-state index contributed by atoms with van der Waals surface area (Å²) in [6, 6.07) is 15.1. The topological polar surface area (TPSA) is 49.4 Å². The predicted molar refractivity (Wildman–Crippen MR) is 114 cm³/mol. The first kappa shape index (κ1) is 18.8. The highest BCUT2D eigenvalue weighted by atomic mass is 79.9. The van der Waals surface area contributed by atoms with E-state index in [1.54, 1.807) is 6.08 Å². The van der Waals surface area contributed by atoms with Gasteiger partial charge in [0.15, 0.2) is 0 Å². The van der Waals surface area contributed by atoms with Crippen LogP contribution in [0.5, 0.6) is 0 Å². The van der Waals surface area contributed by atoms with Crippen LogP contribution in [0.1, 0.15) is 11.1 Å². The van der Waals surface area contributed by atoms with Crippen molar-refractivity contribution in [3.05, 3.63) is 69.0 Å². The Morgan fingerprint density at radius 3 is 2.69 bits per heavy atom. The molecule has 2 aromatic carbocycles. The number of aryl methyl sites for hydroxylation is 1. The molecule has 0 bridgehead atoms. The van der Waals surface area contributed by atoms with Gasteiger partial charge in [0.05, 0.1) is 4.91 Å². The number of thiocarbonyl (C=S) groups is 1. The van der Waals surface area contributed by atoms with E-state index < -0.39 is 0 Å². The molecule has 1 heterocycles. The molecule has 1 aliphatic rings. The van der Waals surface area contributed by atoms with Gasteiger partial charge < -0.3 is 5.32 Å². The number of anilines is 1. The summed E-state index contributed by atoms with van der Waals surface area (Å²) >= 11 is 9.89. The van der Waals surface area contributed by atoms with Gasteiger partial charge in [-0.25, -0.2) is 0 Å². The van der Waals surface area contributed by atoms with E-state index in [9.17, 15) is 9.59 Å². The predicted octanol–water partition coefficient (Wildman–Crippen LogP) is 4.60. The van der Waals surface area contributed by atoms with Crippen LogP contribution in [-0.2, 0) is 9.59 Å². The summed E-state index contributed by atoms with van der Waals surface area (Å²) in [5, 5.41) is 2.78. The number of thioether (sulfide) groups is 1. The van der Waals surface area contributed by atoms with Gasteiger partial charge in [-0.1, -0.05) is 69.7 Å². The molecule has 2 aromatic rings. The van der Waals surface area contributed by atoms with E-state index >= 15 is 0 Å². The number of rotatable bonds is 4. The number of amides is 2. The van der Waals surface area contributed by atoms with Gasteiger partial charge in [0, 0.05) is 10.2 Å². The fraction of sp³-hybridized carbons (Fsp3) is 0.105. The Labute approximate surface area is 169 Å². The minimum atomic E-state index is -0.283. The third kappa shape index (κ3) is 4.60. The van der Waals surface area contributed by atoms with E-state index in [1.807, 2.05) is 55.5 Å². The van der Waals surface area contributed by atoms with Crippen molar-refractivity contribution in [1.29, 1.82) is 0 Å². The fourth-order valence-corrected chi connectivity index (χ4v) is 4.04. The summed E-state index contributed by atoms with van der Waals surface area (Å²) in [5.41, 5.74) is 2.69. The molecule has 132 valence electrons. The lowest BCUT2D eigenvalue weighted by Crippen LogP contribution is -2.36. The molecular formula is C19H15BrN2O2S2. The summed E-state index contributed by atoms with van der Waals surface area (Å²) in [5.74, 6) is -0.534. The Balaban J connectivity index is 1.69. The van der Waals surface area contributed by atoms with Gasteiger partial charge >= 0.3 is 0 Å². The molecule has 0 aliphatic carbocycles. The summed E-state index contributed by atoms with van der Waals surface area (Å²) in [4.78, 5) is 26.7. The molecule has 4 nitrogen and oxygen atoms in total. The summed E-state index contributed by atoms with van der Waals surface area (Å²) < 4.78 is 1.31. The quantitative estimate of drug-likeness (QED) is 0.550. The highest BCUT2D eigenvalue weighted by Crippen LogP contribution is 2.32. The molecule has 1 aliphatic heterocycles. The minimum absolute atomic E-state index is 0.103. The van der Waals surface area contributed by atoms with E-state index in [2.05, 4.69) is 21.2 Å². The number of hydrogen-bond acceptors (Lipinski definition) is 4. The lowest BCUT2D eigenvalue weighted by Gasteiger charge is -2.14. The fourth-order valence-electron chi connectivity index (χ4n) is 2.37. The average Bonchev–Trinajstić information content (AvgIpc) is 2.84. The Bertz CT molecular complexity index is 910. The number of benzene rings is 2. The monoisotopic (exact) mass is 446 g/mol. The highest BCUT2D eigenvalue weighted by molar-refractivity contribution is 9.10. The van der Waals surface area contributed by atoms with Crippen LogP contribution in [0.4, 0.5) is 5.69 Å². The van der Waals surface area contributed by atoms with Crippen molar-refractivity contribution >= 4 is 67.8 Å². The first-order valence-corrected chi connectivity index (χ1v) is 9.81. The molecule has 1 N–H and O–H groups in total. The molecule has 0 unspecified atom stereocenters. The van der Waals surface area contributed by atoms with Crippen LogP contribution in [0, 0.1) is 6.92 Å². The van der Waals surface area contributed by atoms with Crippen LogP contribution in [0.25, 0.3) is 6.08 Å². The van der Waals surface area contributed by atoms with Gasteiger partial charge in [-0.05, 0) is 42.8 Å². The number of carbonyl (C=O) groups is 2. The summed E-state index contributed by atoms with van der Waals surface area (Å²) in [7, 11) is 0. The molecule has 3 rings (SSSR count). The summed E-state index contributed by atoms with van der Waals surface area (Å²) in [6.45, 7) is 1.87. The van der Waals surface area contributed by atoms with Crippen molar-refractivity contribution in [3.8, 4) is 0 Å². The van der Waals surface area contributed by atoms with Gasteiger partial charge in [-0.2, -0.15) is 0 Å². The zero-order valence-corrected chi connectivity index (χ0v) is 17.1. The number of halogens is 1. The van der Waals surface area contributed by atoms with Crippen molar-refractivity contribution in [2.75, 3.05) is 11.9 Å². The van der Waals surface area contributed by atoms with Gasteiger partial charge in [0.2, 0.25) is 5.91 Å². The second kappa shape index (κ2) is 8.16. The Morgan fingerprint density at radius 2 is 2.00 bits per heavy atom. The number of nitrogens with one attached hydrogen (secondary N) is 1. The number of hydrogen-bond donors (Lipinski definition) is 1. The van der Waals surface area contributed by atoms with Crippen molar-refractivity contribution < 1.29 is 9.59 Å². The molecule has 0 saturated carbocycles. The molecule has 0 spiro atoms. The zero-order valence-electron chi connectivity index (χ0n) is 13.9. The Kier molecular flexibility index (Phi) is 5.90. The summed E-state index contributed by atoms with van der Waals surface area (Å²) in [6.07, 6.45) is 1.78. The highest BCUT2D eigenvalue weighted by Gasteiger charge is 2.33. The second-order valence-corrected chi connectivity index (χ2v) is 8.33. The third-order valence-corrected chi connectivity index (χ3v) is 5.53. The Hall–Kier alpha value is -1.96. The first-order valence-electron chi connectivity index (χ1n) is 7.80. The molecule has 26 heavy (non-hydrogen) atoms. The van der Waals surface area contributed by atoms with Crippen LogP contribution >= 0.6 is 39.9 Å². The second-order valence-electron chi connectivity index (χ2n) is 5.74. The molecule has 0 aromatic heterocycles. The normalized spacial score (nSPS) is 15.6. The van der Waals surface area contributed by atoms with Crippen molar-refractivity contribution in [2.24, 2.45) is 0 Å². The van der Waals surface area contributed by atoms with E-state index in [1.165, 1.54) is 16.7 Å². The van der Waals surface area contributed by atoms with Gasteiger partial charge in [-0.15, -0.1) is 0 Å². The van der Waals surface area contributed by atoms with Gasteiger partial charge in [0.1, 0.15) is 10.9 Å². The molecular weight excluding hydrogens is 432 g/mol. The van der Waals surface area contributed by atoms with Gasteiger partial charge in [-0.3, -0.25) is 14.5 Å². The van der Waals surface area contributed by atoms with E-state index in [-0.39, 0.29) is 18.4 Å². The maximum atomic E-state index is 12.6. The number of nitrogens with zero attached hydrogens (tertiary/aromatic N) is 1. The van der Waals surface area contributed by atoms with E-state index in [0.29, 0.717) is 14.9 Å². The lowest BCUT2D eigenvalue weighted by molar-refractivity contribution is -0.126. The van der Waals surface area contributed by atoms with Crippen LogP contribution < -0.4 is 5.32 Å². The van der Waals surface area contributed by atoms with Crippen molar-refractivity contribution in [2.45, 2.75) is 6.92 Å². The largest absolute Gasteiger partial charge is 0.325 e. The molecule has 0 atom stereocenters. The molecule has 7 heteroatoms. The minimum Gasteiger partial charge on any atom is -0.325 e. The maximum absolute atomic E-state index is 12.6. The molecule has 0 radical (unpaired) electrons. The molecule has 2 amide bonds. The zero-order chi connectivity index (χ0) is 18.7. The van der Waals surface area contributed by atoms with Crippen molar-refractivity contribution in [1.82, 2.24) is 4.90 Å². The van der Waals surface area contributed by atoms with Crippen LogP contribution in [0.2, 0.25) is 0 Å². The molecule has 1 saturated heterocycles. The van der Waals surface area contributed by atoms with Crippen molar-refractivity contribution in [3.63, 3.8) is 0 Å². The van der Waals surface area contributed by atoms with Gasteiger partial charge in [0.25, 0.3) is 5.91 Å². The lowest BCUT2D eigenvalue weighted by atomic mass is 10.2. The Morgan fingerprint density at radius 1 is 1.27 bits per heavy atom. The van der Waals surface area contributed by atoms with Crippen LogP contribution in [-0.4, -0.2) is 27.6 Å². The van der Waals surface area contributed by atoms with Crippen LogP contribution in [0.3, 0.4) is 0 Å². The smallest absolute Gasteiger partial charge is 0.266 e. The average molecular weight is 447 g/mol. The maximum Gasteiger partial charge on any atom is 0.266 e. The number of carbonyl (C=O) groups excluding carboxylic acids is 2. The van der Waals surface area contributed by atoms with E-state index in [4.69, 9.17) is 12.2 Å². The SMILES string of the molecule is Cc1ccc(NC(=O)CN2C(=O)C(=Cc3cccc(Br)c3)SC2=S)cc1.